The van der Waals surface area contributed by atoms with E-state index in [1.54, 1.807) is 0 Å². The van der Waals surface area contributed by atoms with Crippen LogP contribution in [-0.2, 0) is 0 Å². The Morgan fingerprint density at radius 3 is 2.37 bits per heavy atom. The van der Waals surface area contributed by atoms with Crippen LogP contribution in [0.4, 0.5) is 0 Å². The van der Waals surface area contributed by atoms with Gasteiger partial charge in [0.25, 0.3) is 0 Å². The number of benzene rings is 1. The van der Waals surface area contributed by atoms with E-state index < -0.39 is 0 Å². The maximum absolute atomic E-state index is 10.3. The van der Waals surface area contributed by atoms with Crippen LogP contribution >= 0.6 is 0 Å². The molecule has 1 aliphatic heterocycles. The average molecular weight is 262 g/mol. The third kappa shape index (κ3) is 3.28. The third-order valence-electron chi connectivity index (χ3n) is 3.82. The standard InChI is InChI=1S/C16H26N2O/c1-12-5-6-13(14(19)11-12)15(16(2,3)4)18-9-7-17-8-10-18/h5-6,11,15,17,19H,7-10H2,1-4H3/t15-/m0/s1. The highest BCUT2D eigenvalue weighted by Crippen LogP contribution is 2.41. The summed E-state index contributed by atoms with van der Waals surface area (Å²) in [5.74, 6) is 0.429. The van der Waals surface area contributed by atoms with Crippen molar-refractivity contribution >= 4 is 0 Å². The van der Waals surface area contributed by atoms with E-state index in [2.05, 4.69) is 43.1 Å². The molecule has 0 bridgehead atoms. The summed E-state index contributed by atoms with van der Waals surface area (Å²) in [6.07, 6.45) is 0. The van der Waals surface area contributed by atoms with Crippen LogP contribution in [-0.4, -0.2) is 36.2 Å². The number of aromatic hydroxyl groups is 1. The normalized spacial score (nSPS) is 19.4. The summed E-state index contributed by atoms with van der Waals surface area (Å²) in [6, 6.07) is 6.31. The lowest BCUT2D eigenvalue weighted by Gasteiger charge is -2.42. The summed E-state index contributed by atoms with van der Waals surface area (Å²) in [5, 5.41) is 13.7. The predicted molar refractivity (Wildman–Crippen MR) is 79.5 cm³/mol. The van der Waals surface area contributed by atoms with E-state index in [4.69, 9.17) is 0 Å². The highest BCUT2D eigenvalue weighted by Gasteiger charge is 2.34. The zero-order chi connectivity index (χ0) is 14.0. The fraction of sp³-hybridized carbons (Fsp3) is 0.625. The number of nitrogens with zero attached hydrogens (tertiary/aromatic N) is 1. The maximum atomic E-state index is 10.3. The number of nitrogens with one attached hydrogen (secondary N) is 1. The van der Waals surface area contributed by atoms with Gasteiger partial charge in [0.2, 0.25) is 0 Å². The molecule has 2 N–H and O–H groups in total. The maximum Gasteiger partial charge on any atom is 0.120 e. The van der Waals surface area contributed by atoms with Gasteiger partial charge >= 0.3 is 0 Å². The number of phenols is 1. The molecule has 0 spiro atoms. The van der Waals surface area contributed by atoms with Gasteiger partial charge in [0, 0.05) is 37.8 Å². The smallest absolute Gasteiger partial charge is 0.120 e. The first-order valence-electron chi connectivity index (χ1n) is 7.14. The Morgan fingerprint density at radius 1 is 1.21 bits per heavy atom. The molecule has 1 saturated heterocycles. The Balaban J connectivity index is 2.36. The molecule has 3 heteroatoms. The first-order valence-corrected chi connectivity index (χ1v) is 7.14. The average Bonchev–Trinajstić information content (AvgIpc) is 2.32. The monoisotopic (exact) mass is 262 g/mol. The van der Waals surface area contributed by atoms with Gasteiger partial charge in [-0.3, -0.25) is 4.90 Å². The van der Waals surface area contributed by atoms with E-state index in [1.807, 2.05) is 13.0 Å². The van der Waals surface area contributed by atoms with Gasteiger partial charge in [-0.15, -0.1) is 0 Å². The molecular formula is C16H26N2O. The highest BCUT2D eigenvalue weighted by atomic mass is 16.3. The topological polar surface area (TPSA) is 35.5 Å². The van der Waals surface area contributed by atoms with Crippen LogP contribution in [0.3, 0.4) is 0 Å². The van der Waals surface area contributed by atoms with Crippen molar-refractivity contribution in [1.29, 1.82) is 0 Å². The molecule has 19 heavy (non-hydrogen) atoms. The van der Waals surface area contributed by atoms with Crippen molar-refractivity contribution in [2.24, 2.45) is 5.41 Å². The van der Waals surface area contributed by atoms with E-state index in [0.29, 0.717) is 5.75 Å². The van der Waals surface area contributed by atoms with E-state index in [1.165, 1.54) is 0 Å². The number of hydrogen-bond acceptors (Lipinski definition) is 3. The molecule has 0 unspecified atom stereocenters. The first kappa shape index (κ1) is 14.4. The quantitative estimate of drug-likeness (QED) is 0.860. The Morgan fingerprint density at radius 2 is 1.84 bits per heavy atom. The Kier molecular flexibility index (Phi) is 4.16. The predicted octanol–water partition coefficient (Wildman–Crippen LogP) is 2.69. The minimum absolute atomic E-state index is 0.101. The van der Waals surface area contributed by atoms with Crippen LogP contribution in [0, 0.1) is 12.3 Å². The largest absolute Gasteiger partial charge is 0.508 e. The van der Waals surface area contributed by atoms with Gasteiger partial charge < -0.3 is 10.4 Å². The van der Waals surface area contributed by atoms with Crippen LogP contribution < -0.4 is 5.32 Å². The second kappa shape index (κ2) is 5.51. The molecule has 3 nitrogen and oxygen atoms in total. The van der Waals surface area contributed by atoms with Crippen molar-refractivity contribution in [3.63, 3.8) is 0 Å². The van der Waals surface area contributed by atoms with Crippen molar-refractivity contribution in [3.05, 3.63) is 29.3 Å². The summed E-state index contributed by atoms with van der Waals surface area (Å²) < 4.78 is 0. The van der Waals surface area contributed by atoms with Gasteiger partial charge in [0.1, 0.15) is 5.75 Å². The van der Waals surface area contributed by atoms with E-state index in [9.17, 15) is 5.11 Å². The van der Waals surface area contributed by atoms with Crippen molar-refractivity contribution in [2.75, 3.05) is 26.2 Å². The highest BCUT2D eigenvalue weighted by molar-refractivity contribution is 5.39. The lowest BCUT2D eigenvalue weighted by Crippen LogP contribution is -2.48. The second-order valence-electron chi connectivity index (χ2n) is 6.62. The van der Waals surface area contributed by atoms with Crippen LogP contribution in [0.15, 0.2) is 18.2 Å². The van der Waals surface area contributed by atoms with Crippen molar-refractivity contribution in [1.82, 2.24) is 10.2 Å². The molecule has 0 aliphatic carbocycles. The SMILES string of the molecule is Cc1ccc([C@H](N2CCNCC2)C(C)(C)C)c(O)c1. The number of piperazine rings is 1. The second-order valence-corrected chi connectivity index (χ2v) is 6.62. The van der Waals surface area contributed by atoms with Gasteiger partial charge in [-0.2, -0.15) is 0 Å². The van der Waals surface area contributed by atoms with Gasteiger partial charge in [-0.05, 0) is 24.0 Å². The lowest BCUT2D eigenvalue weighted by molar-refractivity contribution is 0.0842. The molecule has 0 aromatic heterocycles. The molecule has 0 radical (unpaired) electrons. The summed E-state index contributed by atoms with van der Waals surface area (Å²) in [4.78, 5) is 2.49. The molecule has 1 aromatic rings. The zero-order valence-electron chi connectivity index (χ0n) is 12.5. The summed E-state index contributed by atoms with van der Waals surface area (Å²) in [5.41, 5.74) is 2.26. The van der Waals surface area contributed by atoms with E-state index in [0.717, 1.165) is 37.3 Å². The summed E-state index contributed by atoms with van der Waals surface area (Å²) in [7, 11) is 0. The molecular weight excluding hydrogens is 236 g/mol. The van der Waals surface area contributed by atoms with Crippen molar-refractivity contribution in [3.8, 4) is 5.75 Å². The number of phenolic OH excluding ortho intramolecular Hbond substituents is 1. The molecule has 0 amide bonds. The van der Waals surface area contributed by atoms with Crippen LogP contribution in [0.2, 0.25) is 0 Å². The Hall–Kier alpha value is -1.06. The zero-order valence-corrected chi connectivity index (χ0v) is 12.5. The Labute approximate surface area is 116 Å². The van der Waals surface area contributed by atoms with Crippen molar-refractivity contribution in [2.45, 2.75) is 33.7 Å². The van der Waals surface area contributed by atoms with E-state index in [-0.39, 0.29) is 11.5 Å². The molecule has 1 atom stereocenters. The molecule has 2 rings (SSSR count). The lowest BCUT2D eigenvalue weighted by atomic mass is 9.80. The van der Waals surface area contributed by atoms with Crippen LogP contribution in [0.1, 0.15) is 37.9 Å². The van der Waals surface area contributed by atoms with Crippen molar-refractivity contribution < 1.29 is 5.11 Å². The fourth-order valence-electron chi connectivity index (χ4n) is 3.04. The van der Waals surface area contributed by atoms with Gasteiger partial charge in [0.05, 0.1) is 0 Å². The molecule has 1 aliphatic rings. The first-order chi connectivity index (χ1) is 8.89. The van der Waals surface area contributed by atoms with Crippen LogP contribution in [0.25, 0.3) is 0 Å². The summed E-state index contributed by atoms with van der Waals surface area (Å²) >= 11 is 0. The molecule has 0 saturated carbocycles. The molecule has 1 fully saturated rings. The third-order valence-corrected chi connectivity index (χ3v) is 3.82. The minimum Gasteiger partial charge on any atom is -0.508 e. The fourth-order valence-corrected chi connectivity index (χ4v) is 3.04. The van der Waals surface area contributed by atoms with Gasteiger partial charge in [-0.25, -0.2) is 0 Å². The van der Waals surface area contributed by atoms with E-state index >= 15 is 0 Å². The Bertz CT molecular complexity index is 431. The molecule has 106 valence electrons. The number of hydrogen-bond donors (Lipinski definition) is 2. The minimum atomic E-state index is 0.101. The van der Waals surface area contributed by atoms with Gasteiger partial charge in [-0.1, -0.05) is 32.9 Å². The molecule has 1 aromatic carbocycles. The number of aryl methyl sites for hydroxylation is 1. The van der Waals surface area contributed by atoms with Crippen LogP contribution in [0.5, 0.6) is 5.75 Å². The van der Waals surface area contributed by atoms with Gasteiger partial charge in [0.15, 0.2) is 0 Å². The summed E-state index contributed by atoms with van der Waals surface area (Å²) in [6.45, 7) is 12.9. The molecule has 1 heterocycles. The number of rotatable bonds is 2.